The summed E-state index contributed by atoms with van der Waals surface area (Å²) >= 11 is 0. The molecule has 0 unspecified atom stereocenters. The van der Waals surface area contributed by atoms with Crippen molar-refractivity contribution in [2.75, 3.05) is 36.8 Å². The summed E-state index contributed by atoms with van der Waals surface area (Å²) < 4.78 is 5.34. The SMILES string of the molecule is Nc1nc2cc(-c3ccc4ncc(N5CC(NCCNC=O)C5)cc4n3)ccc2o1. The summed E-state index contributed by atoms with van der Waals surface area (Å²) in [5.74, 6) is 0. The van der Waals surface area contributed by atoms with Crippen molar-refractivity contribution in [1.82, 2.24) is 25.6 Å². The molecule has 1 aromatic carbocycles. The topological polar surface area (TPSA) is 122 Å². The first-order chi connectivity index (χ1) is 14.7. The van der Waals surface area contributed by atoms with E-state index in [0.717, 1.165) is 54.0 Å². The summed E-state index contributed by atoms with van der Waals surface area (Å²) in [6.45, 7) is 3.20. The Labute approximate surface area is 172 Å². The maximum Gasteiger partial charge on any atom is 0.292 e. The van der Waals surface area contributed by atoms with E-state index in [1.165, 1.54) is 0 Å². The smallest absolute Gasteiger partial charge is 0.292 e. The van der Waals surface area contributed by atoms with E-state index in [0.29, 0.717) is 23.7 Å². The zero-order chi connectivity index (χ0) is 20.5. The first-order valence-corrected chi connectivity index (χ1v) is 9.78. The van der Waals surface area contributed by atoms with Gasteiger partial charge >= 0.3 is 0 Å². The molecule has 30 heavy (non-hydrogen) atoms. The van der Waals surface area contributed by atoms with Crippen LogP contribution in [-0.2, 0) is 4.79 Å². The monoisotopic (exact) mass is 403 g/mol. The highest BCUT2D eigenvalue weighted by atomic mass is 16.4. The van der Waals surface area contributed by atoms with Gasteiger partial charge in [0.15, 0.2) is 5.58 Å². The van der Waals surface area contributed by atoms with Crippen molar-refractivity contribution in [2.24, 2.45) is 0 Å². The van der Waals surface area contributed by atoms with Gasteiger partial charge in [-0.1, -0.05) is 0 Å². The highest BCUT2D eigenvalue weighted by molar-refractivity contribution is 5.84. The van der Waals surface area contributed by atoms with Crippen LogP contribution in [0, 0.1) is 0 Å². The van der Waals surface area contributed by atoms with Gasteiger partial charge in [-0.3, -0.25) is 9.78 Å². The minimum absolute atomic E-state index is 0.157. The Bertz CT molecular complexity index is 1220. The zero-order valence-corrected chi connectivity index (χ0v) is 16.2. The third-order valence-electron chi connectivity index (χ3n) is 5.26. The highest BCUT2D eigenvalue weighted by Gasteiger charge is 2.26. The van der Waals surface area contributed by atoms with Crippen LogP contribution in [0.1, 0.15) is 0 Å². The molecule has 0 radical (unpaired) electrons. The molecule has 152 valence electrons. The number of pyridine rings is 2. The lowest BCUT2D eigenvalue weighted by atomic mass is 10.1. The number of carbonyl (C=O) groups is 1. The van der Waals surface area contributed by atoms with Gasteiger partial charge in [0.05, 0.1) is 28.6 Å². The maximum absolute atomic E-state index is 10.3. The molecule has 0 atom stereocenters. The van der Waals surface area contributed by atoms with E-state index >= 15 is 0 Å². The number of fused-ring (bicyclic) bond motifs is 2. The number of hydrogen-bond acceptors (Lipinski definition) is 8. The number of benzene rings is 1. The Balaban J connectivity index is 1.33. The van der Waals surface area contributed by atoms with Gasteiger partial charge in [0.25, 0.3) is 6.01 Å². The maximum atomic E-state index is 10.3. The molecule has 5 rings (SSSR count). The summed E-state index contributed by atoms with van der Waals surface area (Å²) in [6, 6.07) is 12.3. The Morgan fingerprint density at radius 1 is 1.10 bits per heavy atom. The number of aromatic nitrogens is 3. The number of hydrogen-bond donors (Lipinski definition) is 3. The molecule has 4 heterocycles. The van der Waals surface area contributed by atoms with Crippen LogP contribution in [0.4, 0.5) is 11.7 Å². The average molecular weight is 403 g/mol. The zero-order valence-electron chi connectivity index (χ0n) is 16.2. The van der Waals surface area contributed by atoms with Crippen LogP contribution < -0.4 is 21.3 Å². The van der Waals surface area contributed by atoms with E-state index in [1.54, 1.807) is 0 Å². The van der Waals surface area contributed by atoms with Gasteiger partial charge < -0.3 is 25.7 Å². The van der Waals surface area contributed by atoms with Crippen LogP contribution in [-0.4, -0.2) is 53.6 Å². The van der Waals surface area contributed by atoms with E-state index in [9.17, 15) is 4.79 Å². The molecule has 9 nitrogen and oxygen atoms in total. The second-order valence-corrected chi connectivity index (χ2v) is 7.29. The van der Waals surface area contributed by atoms with Gasteiger partial charge in [-0.25, -0.2) is 4.98 Å². The molecule has 1 aliphatic heterocycles. The van der Waals surface area contributed by atoms with E-state index in [4.69, 9.17) is 15.1 Å². The molecular weight excluding hydrogens is 382 g/mol. The molecule has 0 aliphatic carbocycles. The van der Waals surface area contributed by atoms with Crippen molar-refractivity contribution >= 4 is 40.2 Å². The highest BCUT2D eigenvalue weighted by Crippen LogP contribution is 2.27. The summed E-state index contributed by atoms with van der Waals surface area (Å²) in [6.07, 6.45) is 2.61. The van der Waals surface area contributed by atoms with Crippen LogP contribution in [0.15, 0.2) is 47.0 Å². The molecule has 1 saturated heterocycles. The minimum Gasteiger partial charge on any atom is -0.424 e. The molecule has 0 spiro atoms. The quantitative estimate of drug-likeness (QED) is 0.314. The van der Waals surface area contributed by atoms with Crippen molar-refractivity contribution in [3.05, 3.63) is 42.6 Å². The van der Waals surface area contributed by atoms with Gasteiger partial charge in [-0.15, -0.1) is 0 Å². The van der Waals surface area contributed by atoms with E-state index in [2.05, 4.69) is 31.6 Å². The summed E-state index contributed by atoms with van der Waals surface area (Å²) in [5, 5.41) is 6.07. The minimum atomic E-state index is 0.157. The average Bonchev–Trinajstić information content (AvgIpc) is 3.10. The molecule has 4 N–H and O–H groups in total. The van der Waals surface area contributed by atoms with Crippen molar-refractivity contribution in [3.63, 3.8) is 0 Å². The molecule has 0 saturated carbocycles. The predicted molar refractivity (Wildman–Crippen MR) is 115 cm³/mol. The molecule has 3 aromatic heterocycles. The third-order valence-corrected chi connectivity index (χ3v) is 5.26. The molecule has 9 heteroatoms. The second-order valence-electron chi connectivity index (χ2n) is 7.29. The number of nitrogens with one attached hydrogen (secondary N) is 2. The fourth-order valence-corrected chi connectivity index (χ4v) is 3.66. The lowest BCUT2D eigenvalue weighted by molar-refractivity contribution is -0.109. The molecule has 1 fully saturated rings. The largest absolute Gasteiger partial charge is 0.424 e. The number of anilines is 2. The van der Waals surface area contributed by atoms with Crippen molar-refractivity contribution in [1.29, 1.82) is 0 Å². The van der Waals surface area contributed by atoms with Crippen LogP contribution in [0.25, 0.3) is 33.4 Å². The third kappa shape index (κ3) is 3.50. The number of nitrogen functional groups attached to an aromatic ring is 1. The number of nitrogens with zero attached hydrogens (tertiary/aromatic N) is 4. The lowest BCUT2D eigenvalue weighted by Gasteiger charge is -2.41. The van der Waals surface area contributed by atoms with Gasteiger partial charge in [-0.2, -0.15) is 4.98 Å². The van der Waals surface area contributed by atoms with Crippen LogP contribution in [0.5, 0.6) is 0 Å². The lowest BCUT2D eigenvalue weighted by Crippen LogP contribution is -2.59. The number of rotatable bonds is 7. The van der Waals surface area contributed by atoms with Gasteiger partial charge in [-0.05, 0) is 36.4 Å². The molecule has 1 aliphatic rings. The van der Waals surface area contributed by atoms with E-state index in [-0.39, 0.29) is 6.01 Å². The van der Waals surface area contributed by atoms with E-state index in [1.807, 2.05) is 36.5 Å². The Morgan fingerprint density at radius 3 is 2.87 bits per heavy atom. The Kier molecular flexibility index (Phi) is 4.64. The number of nitrogens with two attached hydrogens (primary N) is 1. The summed E-state index contributed by atoms with van der Waals surface area (Å²) in [4.78, 5) is 26.1. The van der Waals surface area contributed by atoms with Gasteiger partial charge in [0, 0.05) is 37.8 Å². The van der Waals surface area contributed by atoms with Crippen LogP contribution in [0.2, 0.25) is 0 Å². The number of oxazole rings is 1. The predicted octanol–water partition coefficient (Wildman–Crippen LogP) is 1.54. The van der Waals surface area contributed by atoms with Crippen molar-refractivity contribution in [2.45, 2.75) is 6.04 Å². The number of amides is 1. The fraction of sp³-hybridized carbons (Fsp3) is 0.238. The Hall–Kier alpha value is -3.72. The molecule has 4 aromatic rings. The van der Waals surface area contributed by atoms with Gasteiger partial charge in [0.1, 0.15) is 5.52 Å². The summed E-state index contributed by atoms with van der Waals surface area (Å²) in [5.41, 5.74) is 11.5. The fourth-order valence-electron chi connectivity index (χ4n) is 3.66. The first kappa shape index (κ1) is 18.3. The Morgan fingerprint density at radius 2 is 2.00 bits per heavy atom. The molecule has 1 amide bonds. The van der Waals surface area contributed by atoms with Gasteiger partial charge in [0.2, 0.25) is 6.41 Å². The van der Waals surface area contributed by atoms with Crippen LogP contribution in [0.3, 0.4) is 0 Å². The second kappa shape index (κ2) is 7.60. The van der Waals surface area contributed by atoms with Crippen molar-refractivity contribution in [3.8, 4) is 11.3 Å². The first-order valence-electron chi connectivity index (χ1n) is 9.78. The van der Waals surface area contributed by atoms with E-state index < -0.39 is 0 Å². The standard InChI is InChI=1S/C21H21N7O2/c22-21-27-19-7-13(1-4-20(19)30-21)16-2-3-17-18(26-16)8-15(9-25-17)28-10-14(11-28)24-6-5-23-12-29/h1-4,7-9,12,14,24H,5-6,10-11H2,(H2,22,27)(H,23,29). The van der Waals surface area contributed by atoms with Crippen LogP contribution >= 0.6 is 0 Å². The van der Waals surface area contributed by atoms with Crippen molar-refractivity contribution < 1.29 is 9.21 Å². The summed E-state index contributed by atoms with van der Waals surface area (Å²) in [7, 11) is 0. The number of carbonyl (C=O) groups excluding carboxylic acids is 1. The molecule has 0 bridgehead atoms. The molecular formula is C21H21N7O2. The normalized spacial score (nSPS) is 14.2.